The van der Waals surface area contributed by atoms with Gasteiger partial charge < -0.3 is 16.2 Å². The Morgan fingerprint density at radius 1 is 1.53 bits per heavy atom. The van der Waals surface area contributed by atoms with Crippen LogP contribution in [0.4, 0.5) is 0 Å². The lowest BCUT2D eigenvalue weighted by Crippen LogP contribution is -2.21. The standard InChI is InChI=1S/C12H17ClN2O2/c1-2-9(14)5-8-3-4-11(10(13)6-8)17-7-12(15)16/h3-4,6,9H,2,5,7,14H2,1H3,(H2,15,16). The van der Waals surface area contributed by atoms with E-state index < -0.39 is 5.91 Å². The molecule has 4 N–H and O–H groups in total. The van der Waals surface area contributed by atoms with E-state index in [2.05, 4.69) is 0 Å². The van der Waals surface area contributed by atoms with Crippen molar-refractivity contribution >= 4 is 17.5 Å². The van der Waals surface area contributed by atoms with Crippen LogP contribution in [-0.4, -0.2) is 18.6 Å². The average Bonchev–Trinajstić information content (AvgIpc) is 2.27. The van der Waals surface area contributed by atoms with Gasteiger partial charge in [-0.15, -0.1) is 0 Å². The van der Waals surface area contributed by atoms with Crippen molar-refractivity contribution in [2.45, 2.75) is 25.8 Å². The van der Waals surface area contributed by atoms with Crippen LogP contribution in [0.25, 0.3) is 0 Å². The molecular weight excluding hydrogens is 240 g/mol. The zero-order valence-electron chi connectivity index (χ0n) is 9.78. The molecular formula is C12H17ClN2O2. The second-order valence-corrected chi connectivity index (χ2v) is 4.30. The molecule has 0 radical (unpaired) electrons. The van der Waals surface area contributed by atoms with Crippen LogP contribution in [0.1, 0.15) is 18.9 Å². The number of hydrogen-bond donors (Lipinski definition) is 2. The minimum Gasteiger partial charge on any atom is -0.482 e. The highest BCUT2D eigenvalue weighted by atomic mass is 35.5. The first-order valence-electron chi connectivity index (χ1n) is 5.48. The molecule has 17 heavy (non-hydrogen) atoms. The number of carbonyl (C=O) groups excluding carboxylic acids is 1. The van der Waals surface area contributed by atoms with E-state index in [0.29, 0.717) is 10.8 Å². The molecule has 0 saturated heterocycles. The van der Waals surface area contributed by atoms with Gasteiger partial charge in [0, 0.05) is 6.04 Å². The Kier molecular flexibility index (Phi) is 5.25. The number of halogens is 1. The Hall–Kier alpha value is -1.26. The minimum atomic E-state index is -0.529. The smallest absolute Gasteiger partial charge is 0.255 e. The molecule has 0 fully saturated rings. The molecule has 4 nitrogen and oxygen atoms in total. The Morgan fingerprint density at radius 3 is 2.76 bits per heavy atom. The van der Waals surface area contributed by atoms with Crippen molar-refractivity contribution in [2.24, 2.45) is 11.5 Å². The fraction of sp³-hybridized carbons (Fsp3) is 0.417. The number of rotatable bonds is 6. The highest BCUT2D eigenvalue weighted by Gasteiger charge is 2.07. The molecule has 1 amide bonds. The lowest BCUT2D eigenvalue weighted by atomic mass is 10.0. The van der Waals surface area contributed by atoms with Gasteiger partial charge in [-0.25, -0.2) is 0 Å². The Labute approximate surface area is 106 Å². The van der Waals surface area contributed by atoms with Crippen molar-refractivity contribution in [3.8, 4) is 5.75 Å². The van der Waals surface area contributed by atoms with Gasteiger partial charge in [0.15, 0.2) is 6.61 Å². The van der Waals surface area contributed by atoms with Crippen LogP contribution >= 0.6 is 11.6 Å². The molecule has 94 valence electrons. The number of ether oxygens (including phenoxy) is 1. The zero-order valence-corrected chi connectivity index (χ0v) is 10.5. The van der Waals surface area contributed by atoms with Gasteiger partial charge in [0.1, 0.15) is 5.75 Å². The third kappa shape index (κ3) is 4.63. The number of primary amides is 1. The molecule has 0 spiro atoms. The van der Waals surface area contributed by atoms with E-state index in [9.17, 15) is 4.79 Å². The quantitative estimate of drug-likeness (QED) is 0.809. The van der Waals surface area contributed by atoms with Gasteiger partial charge in [-0.1, -0.05) is 24.6 Å². The predicted octanol–water partition coefficient (Wildman–Crippen LogP) is 1.48. The van der Waals surface area contributed by atoms with Crippen molar-refractivity contribution in [2.75, 3.05) is 6.61 Å². The average molecular weight is 257 g/mol. The molecule has 0 saturated carbocycles. The molecule has 0 aliphatic carbocycles. The first-order valence-corrected chi connectivity index (χ1v) is 5.85. The van der Waals surface area contributed by atoms with Crippen molar-refractivity contribution in [3.63, 3.8) is 0 Å². The monoisotopic (exact) mass is 256 g/mol. The van der Waals surface area contributed by atoms with Crippen molar-refractivity contribution < 1.29 is 9.53 Å². The molecule has 0 aliphatic rings. The lowest BCUT2D eigenvalue weighted by Gasteiger charge is -2.11. The molecule has 1 aromatic rings. The Balaban J connectivity index is 2.68. The van der Waals surface area contributed by atoms with Gasteiger partial charge in [0.2, 0.25) is 0 Å². The molecule has 0 heterocycles. The zero-order chi connectivity index (χ0) is 12.8. The highest BCUT2D eigenvalue weighted by molar-refractivity contribution is 6.32. The summed E-state index contributed by atoms with van der Waals surface area (Å²) in [5.74, 6) is -0.0718. The molecule has 1 rings (SSSR count). The van der Waals surface area contributed by atoms with E-state index in [1.165, 1.54) is 0 Å². The highest BCUT2D eigenvalue weighted by Crippen LogP contribution is 2.25. The second kappa shape index (κ2) is 6.47. The van der Waals surface area contributed by atoms with Crippen LogP contribution in [0, 0.1) is 0 Å². The molecule has 1 aromatic carbocycles. The van der Waals surface area contributed by atoms with E-state index in [0.717, 1.165) is 18.4 Å². The van der Waals surface area contributed by atoms with Crippen LogP contribution < -0.4 is 16.2 Å². The summed E-state index contributed by atoms with van der Waals surface area (Å²) in [4.78, 5) is 10.6. The van der Waals surface area contributed by atoms with Crippen molar-refractivity contribution in [3.05, 3.63) is 28.8 Å². The molecule has 1 unspecified atom stereocenters. The fourth-order valence-corrected chi connectivity index (χ4v) is 1.64. The number of nitrogens with two attached hydrogens (primary N) is 2. The summed E-state index contributed by atoms with van der Waals surface area (Å²) in [5, 5.41) is 0.465. The molecule has 0 aliphatic heterocycles. The van der Waals surface area contributed by atoms with Gasteiger partial charge >= 0.3 is 0 Å². The third-order valence-electron chi connectivity index (χ3n) is 2.39. The maximum absolute atomic E-state index is 10.6. The van der Waals surface area contributed by atoms with Gasteiger partial charge in [-0.2, -0.15) is 0 Å². The third-order valence-corrected chi connectivity index (χ3v) is 2.68. The summed E-state index contributed by atoms with van der Waals surface area (Å²) in [5.41, 5.74) is 11.9. The second-order valence-electron chi connectivity index (χ2n) is 3.89. The molecule has 0 aromatic heterocycles. The van der Waals surface area contributed by atoms with Crippen LogP contribution in [0.2, 0.25) is 5.02 Å². The number of benzene rings is 1. The molecule has 5 heteroatoms. The van der Waals surface area contributed by atoms with E-state index >= 15 is 0 Å². The van der Waals surface area contributed by atoms with Crippen LogP contribution in [0.15, 0.2) is 18.2 Å². The summed E-state index contributed by atoms with van der Waals surface area (Å²) >= 11 is 6.02. The van der Waals surface area contributed by atoms with Gasteiger partial charge in [-0.3, -0.25) is 4.79 Å². The number of amides is 1. The number of hydrogen-bond acceptors (Lipinski definition) is 3. The van der Waals surface area contributed by atoms with Crippen LogP contribution in [0.3, 0.4) is 0 Å². The number of carbonyl (C=O) groups is 1. The lowest BCUT2D eigenvalue weighted by molar-refractivity contribution is -0.119. The summed E-state index contributed by atoms with van der Waals surface area (Å²) < 4.78 is 5.15. The summed E-state index contributed by atoms with van der Waals surface area (Å²) in [6.45, 7) is 1.87. The van der Waals surface area contributed by atoms with Crippen molar-refractivity contribution in [1.29, 1.82) is 0 Å². The van der Waals surface area contributed by atoms with Gasteiger partial charge in [-0.05, 0) is 30.5 Å². The maximum Gasteiger partial charge on any atom is 0.255 e. The largest absolute Gasteiger partial charge is 0.482 e. The van der Waals surface area contributed by atoms with Crippen LogP contribution in [0.5, 0.6) is 5.75 Å². The van der Waals surface area contributed by atoms with Gasteiger partial charge in [0.25, 0.3) is 5.91 Å². The van der Waals surface area contributed by atoms with E-state index in [4.69, 9.17) is 27.8 Å². The van der Waals surface area contributed by atoms with E-state index in [1.807, 2.05) is 13.0 Å². The minimum absolute atomic E-state index is 0.128. The maximum atomic E-state index is 10.6. The molecule has 1 atom stereocenters. The summed E-state index contributed by atoms with van der Waals surface area (Å²) in [7, 11) is 0. The Bertz CT molecular complexity index is 396. The van der Waals surface area contributed by atoms with Crippen molar-refractivity contribution in [1.82, 2.24) is 0 Å². The first-order chi connectivity index (χ1) is 8.02. The summed E-state index contributed by atoms with van der Waals surface area (Å²) in [6, 6.07) is 5.54. The molecule has 0 bridgehead atoms. The summed E-state index contributed by atoms with van der Waals surface area (Å²) in [6.07, 6.45) is 1.68. The SMILES string of the molecule is CCC(N)Cc1ccc(OCC(N)=O)c(Cl)c1. The van der Waals surface area contributed by atoms with E-state index in [1.54, 1.807) is 12.1 Å². The fourth-order valence-electron chi connectivity index (χ4n) is 1.38. The Morgan fingerprint density at radius 2 is 2.24 bits per heavy atom. The van der Waals surface area contributed by atoms with Gasteiger partial charge in [0.05, 0.1) is 5.02 Å². The van der Waals surface area contributed by atoms with E-state index in [-0.39, 0.29) is 12.6 Å². The normalized spacial score (nSPS) is 12.2. The first kappa shape index (κ1) is 13.8. The predicted molar refractivity (Wildman–Crippen MR) is 68.1 cm³/mol. The van der Waals surface area contributed by atoms with Crippen LogP contribution in [-0.2, 0) is 11.2 Å². The topological polar surface area (TPSA) is 78.3 Å².